The molecule has 2 heterocycles. The molecule has 0 aliphatic carbocycles. The maximum Gasteiger partial charge on any atom is 0.416 e. The van der Waals surface area contributed by atoms with E-state index in [1.165, 1.54) is 24.3 Å². The van der Waals surface area contributed by atoms with Gasteiger partial charge in [-0.1, -0.05) is 24.2 Å². The number of pyridine rings is 1. The highest BCUT2D eigenvalue weighted by molar-refractivity contribution is 6.32. The molecule has 2 aromatic carbocycles. The number of nitrogens with one attached hydrogen (secondary N) is 1. The predicted molar refractivity (Wildman–Crippen MR) is 113 cm³/mol. The molecule has 0 radical (unpaired) electrons. The SMILES string of the molecule is C=C(c1cn(-c2c(F)cccc2Cl)c(=O)c2ccc(-n3nc(CO)[nH]c3=O)cc12)C(F)(F)F. The summed E-state index contributed by atoms with van der Waals surface area (Å²) >= 11 is 6.03. The van der Waals surface area contributed by atoms with E-state index < -0.39 is 46.7 Å². The molecule has 0 saturated heterocycles. The van der Waals surface area contributed by atoms with Crippen molar-refractivity contribution in [1.82, 2.24) is 19.3 Å². The number of benzene rings is 2. The number of aromatic amines is 1. The molecular weight excluding hydrogens is 468 g/mol. The zero-order valence-electron chi connectivity index (χ0n) is 16.5. The van der Waals surface area contributed by atoms with E-state index in [0.717, 1.165) is 23.0 Å². The molecule has 2 N–H and O–H groups in total. The standard InChI is InChI=1S/C21H13ClF4N4O3/c1-10(21(24,25)26)14-8-29(18-15(22)3-2-4-16(18)23)19(32)12-6-5-11(7-13(12)14)30-20(33)27-17(9-31)28-30/h2-8,31H,1,9H2,(H,27,28,33). The van der Waals surface area contributed by atoms with E-state index >= 15 is 0 Å². The number of aliphatic hydroxyl groups is 1. The van der Waals surface area contributed by atoms with Gasteiger partial charge in [-0.05, 0) is 35.7 Å². The number of hydrogen-bond acceptors (Lipinski definition) is 4. The summed E-state index contributed by atoms with van der Waals surface area (Å²) < 4.78 is 56.8. The summed E-state index contributed by atoms with van der Waals surface area (Å²) in [6.07, 6.45) is -4.07. The number of allylic oxidation sites excluding steroid dienone is 1. The van der Waals surface area contributed by atoms with Crippen LogP contribution in [0.1, 0.15) is 11.4 Å². The van der Waals surface area contributed by atoms with Crippen molar-refractivity contribution in [3.05, 3.63) is 92.2 Å². The van der Waals surface area contributed by atoms with Crippen molar-refractivity contribution in [2.45, 2.75) is 12.8 Å². The number of hydrogen-bond donors (Lipinski definition) is 2. The van der Waals surface area contributed by atoms with Crippen molar-refractivity contribution in [2.75, 3.05) is 0 Å². The third-order valence-electron chi connectivity index (χ3n) is 4.91. The average molecular weight is 481 g/mol. The summed E-state index contributed by atoms with van der Waals surface area (Å²) in [5.74, 6) is -0.978. The fourth-order valence-electron chi connectivity index (χ4n) is 3.35. The number of rotatable bonds is 4. The van der Waals surface area contributed by atoms with Gasteiger partial charge in [-0.25, -0.2) is 9.18 Å². The van der Waals surface area contributed by atoms with Crippen LogP contribution >= 0.6 is 11.6 Å². The van der Waals surface area contributed by atoms with E-state index in [2.05, 4.69) is 16.7 Å². The van der Waals surface area contributed by atoms with Crippen LogP contribution in [0.15, 0.2) is 58.8 Å². The Morgan fingerprint density at radius 1 is 1.18 bits per heavy atom. The fourth-order valence-corrected chi connectivity index (χ4v) is 3.61. The third kappa shape index (κ3) is 3.85. The lowest BCUT2D eigenvalue weighted by atomic mass is 10.0. The van der Waals surface area contributed by atoms with Crippen LogP contribution in [0, 0.1) is 5.82 Å². The normalized spacial score (nSPS) is 11.8. The fraction of sp³-hybridized carbons (Fsp3) is 0.0952. The molecule has 0 unspecified atom stereocenters. The molecule has 0 aliphatic heterocycles. The van der Waals surface area contributed by atoms with Crippen LogP contribution in [-0.2, 0) is 6.61 Å². The minimum absolute atomic E-state index is 0.0285. The van der Waals surface area contributed by atoms with Gasteiger partial charge in [-0.2, -0.15) is 17.9 Å². The molecule has 2 aromatic heterocycles. The van der Waals surface area contributed by atoms with Gasteiger partial charge in [-0.15, -0.1) is 5.10 Å². The summed E-state index contributed by atoms with van der Waals surface area (Å²) in [6.45, 7) is 2.53. The lowest BCUT2D eigenvalue weighted by molar-refractivity contribution is -0.0686. The van der Waals surface area contributed by atoms with Gasteiger partial charge in [0.2, 0.25) is 0 Å². The first-order valence-electron chi connectivity index (χ1n) is 9.22. The summed E-state index contributed by atoms with van der Waals surface area (Å²) in [5.41, 5.74) is -3.79. The smallest absolute Gasteiger partial charge is 0.388 e. The first-order chi connectivity index (χ1) is 15.5. The van der Waals surface area contributed by atoms with Gasteiger partial charge in [0.05, 0.1) is 16.3 Å². The number of nitrogens with zero attached hydrogens (tertiary/aromatic N) is 3. The molecule has 0 saturated carbocycles. The highest BCUT2D eigenvalue weighted by Crippen LogP contribution is 2.36. The maximum atomic E-state index is 14.5. The van der Waals surface area contributed by atoms with Crippen LogP contribution in [0.2, 0.25) is 5.02 Å². The minimum Gasteiger partial charge on any atom is -0.388 e. The number of aliphatic hydroxyl groups excluding tert-OH is 1. The molecule has 12 heteroatoms. The van der Waals surface area contributed by atoms with E-state index in [4.69, 9.17) is 16.7 Å². The van der Waals surface area contributed by atoms with Crippen molar-refractivity contribution in [3.8, 4) is 11.4 Å². The Morgan fingerprint density at radius 3 is 2.52 bits per heavy atom. The second-order valence-electron chi connectivity index (χ2n) is 6.94. The summed E-state index contributed by atoms with van der Waals surface area (Å²) in [7, 11) is 0. The van der Waals surface area contributed by atoms with Crippen LogP contribution in [0.3, 0.4) is 0 Å². The topological polar surface area (TPSA) is 92.9 Å². The first-order valence-corrected chi connectivity index (χ1v) is 9.60. The monoisotopic (exact) mass is 480 g/mol. The Morgan fingerprint density at radius 2 is 1.91 bits per heavy atom. The Kier molecular flexibility index (Phi) is 5.46. The molecule has 4 rings (SSSR count). The van der Waals surface area contributed by atoms with Gasteiger partial charge < -0.3 is 5.11 Å². The number of alkyl halides is 3. The lowest BCUT2D eigenvalue weighted by Crippen LogP contribution is -2.22. The zero-order valence-corrected chi connectivity index (χ0v) is 17.2. The molecule has 7 nitrogen and oxygen atoms in total. The largest absolute Gasteiger partial charge is 0.416 e. The predicted octanol–water partition coefficient (Wildman–Crippen LogP) is 3.73. The van der Waals surface area contributed by atoms with E-state index in [-0.39, 0.29) is 27.3 Å². The van der Waals surface area contributed by atoms with Crippen molar-refractivity contribution < 1.29 is 22.7 Å². The number of para-hydroxylation sites is 1. The molecule has 33 heavy (non-hydrogen) atoms. The van der Waals surface area contributed by atoms with Crippen LogP contribution in [0.5, 0.6) is 0 Å². The molecular formula is C21H13ClF4N4O3. The van der Waals surface area contributed by atoms with Crippen molar-refractivity contribution in [3.63, 3.8) is 0 Å². The summed E-state index contributed by atoms with van der Waals surface area (Å²) in [4.78, 5) is 27.5. The van der Waals surface area contributed by atoms with Crippen molar-refractivity contribution >= 4 is 27.9 Å². The second kappa shape index (κ2) is 8.01. The van der Waals surface area contributed by atoms with Crippen LogP contribution in [0.25, 0.3) is 27.7 Å². The van der Waals surface area contributed by atoms with Gasteiger partial charge in [0.1, 0.15) is 18.1 Å². The average Bonchev–Trinajstić information content (AvgIpc) is 3.14. The molecule has 170 valence electrons. The Balaban J connectivity index is 2.08. The van der Waals surface area contributed by atoms with Crippen LogP contribution < -0.4 is 11.2 Å². The van der Waals surface area contributed by atoms with Crippen LogP contribution in [-0.4, -0.2) is 30.6 Å². The van der Waals surface area contributed by atoms with Gasteiger partial charge in [-0.3, -0.25) is 14.3 Å². The number of fused-ring (bicyclic) bond motifs is 1. The molecule has 0 spiro atoms. The van der Waals surface area contributed by atoms with Gasteiger partial charge >= 0.3 is 11.9 Å². The Bertz CT molecular complexity index is 1520. The Hall–Kier alpha value is -3.70. The summed E-state index contributed by atoms with van der Waals surface area (Å²) in [5, 5.41) is 12.4. The number of halogens is 5. The molecule has 0 fully saturated rings. The third-order valence-corrected chi connectivity index (χ3v) is 5.21. The van der Waals surface area contributed by atoms with E-state index in [0.29, 0.717) is 4.57 Å². The van der Waals surface area contributed by atoms with Gasteiger partial charge in [0.15, 0.2) is 5.82 Å². The van der Waals surface area contributed by atoms with Crippen LogP contribution in [0.4, 0.5) is 17.6 Å². The molecule has 0 atom stereocenters. The van der Waals surface area contributed by atoms with Crippen molar-refractivity contribution in [2.24, 2.45) is 0 Å². The van der Waals surface area contributed by atoms with Gasteiger partial charge in [0, 0.05) is 17.1 Å². The van der Waals surface area contributed by atoms with Gasteiger partial charge in [0.25, 0.3) is 5.56 Å². The highest BCUT2D eigenvalue weighted by Gasteiger charge is 2.35. The highest BCUT2D eigenvalue weighted by atomic mass is 35.5. The van der Waals surface area contributed by atoms with E-state index in [9.17, 15) is 27.2 Å². The number of aromatic nitrogens is 4. The Labute approximate surface area is 186 Å². The molecule has 4 aromatic rings. The van der Waals surface area contributed by atoms with E-state index in [1.54, 1.807) is 0 Å². The quantitative estimate of drug-likeness (QED) is 0.435. The zero-order chi connectivity index (χ0) is 24.1. The summed E-state index contributed by atoms with van der Waals surface area (Å²) in [6, 6.07) is 7.21. The van der Waals surface area contributed by atoms with E-state index in [1.807, 2.05) is 0 Å². The molecule has 0 bridgehead atoms. The second-order valence-corrected chi connectivity index (χ2v) is 7.35. The lowest BCUT2D eigenvalue weighted by Gasteiger charge is -2.17. The molecule has 0 aliphatic rings. The minimum atomic E-state index is -4.88. The maximum absolute atomic E-state index is 14.5. The van der Waals surface area contributed by atoms with Crippen molar-refractivity contribution in [1.29, 1.82) is 0 Å². The number of H-pyrrole nitrogens is 1. The molecule has 0 amide bonds. The first kappa shape index (κ1) is 22.5.